The molecule has 1 heterocycles. The molecule has 1 atom stereocenters. The summed E-state index contributed by atoms with van der Waals surface area (Å²) in [5.41, 5.74) is 7.49. The second-order valence-corrected chi connectivity index (χ2v) is 6.86. The molecule has 0 radical (unpaired) electrons. The van der Waals surface area contributed by atoms with Crippen molar-refractivity contribution in [2.75, 3.05) is 7.05 Å². The summed E-state index contributed by atoms with van der Waals surface area (Å²) in [7, 11) is 1.50. The van der Waals surface area contributed by atoms with E-state index in [-0.39, 0.29) is 0 Å². The third-order valence-corrected chi connectivity index (χ3v) is 4.29. The van der Waals surface area contributed by atoms with E-state index < -0.39 is 0 Å². The molecule has 0 spiro atoms. The number of aldehydes is 1. The van der Waals surface area contributed by atoms with E-state index in [0.29, 0.717) is 28.5 Å². The van der Waals surface area contributed by atoms with Gasteiger partial charge < -0.3 is 5.73 Å². The first kappa shape index (κ1) is 25.7. The average Bonchev–Trinajstić information content (AvgIpc) is 2.71. The summed E-state index contributed by atoms with van der Waals surface area (Å²) in [5.74, 6) is 0.686. The van der Waals surface area contributed by atoms with Gasteiger partial charge in [0.25, 0.3) is 0 Å². The van der Waals surface area contributed by atoms with E-state index in [1.54, 1.807) is 12.1 Å². The third kappa shape index (κ3) is 10.8. The Balaban J connectivity index is 0.000000556. The van der Waals surface area contributed by atoms with E-state index in [1.807, 2.05) is 25.1 Å². The number of aromatic nitrogens is 2. The number of carbonyl (C=O) groups is 1. The van der Waals surface area contributed by atoms with Crippen LogP contribution in [0.25, 0.3) is 0 Å². The van der Waals surface area contributed by atoms with Crippen molar-refractivity contribution < 1.29 is 4.79 Å². The van der Waals surface area contributed by atoms with Gasteiger partial charge in [-0.1, -0.05) is 57.2 Å². The lowest BCUT2D eigenvalue weighted by molar-refractivity contribution is 0.111. The Kier molecular flexibility index (Phi) is 14.5. The van der Waals surface area contributed by atoms with Gasteiger partial charge in [-0.2, -0.15) is 10.4 Å². The van der Waals surface area contributed by atoms with Gasteiger partial charge >= 0.3 is 0 Å². The van der Waals surface area contributed by atoms with Crippen LogP contribution in [0.5, 0.6) is 0 Å². The summed E-state index contributed by atoms with van der Waals surface area (Å²) >= 11 is 6.02. The topological polar surface area (TPSA) is 92.7 Å². The van der Waals surface area contributed by atoms with Crippen LogP contribution in [0.4, 0.5) is 0 Å². The van der Waals surface area contributed by atoms with E-state index in [2.05, 4.69) is 35.8 Å². The quantitative estimate of drug-likeness (QED) is 0.511. The number of benzene rings is 1. The summed E-state index contributed by atoms with van der Waals surface area (Å²) in [5, 5.41) is 16.6. The molecule has 0 saturated heterocycles. The smallest absolute Gasteiger partial charge is 0.170 e. The first-order valence-corrected chi connectivity index (χ1v) is 9.89. The third-order valence-electron chi connectivity index (χ3n) is 3.98. The van der Waals surface area contributed by atoms with Crippen LogP contribution in [0.1, 0.15) is 66.8 Å². The summed E-state index contributed by atoms with van der Waals surface area (Å²) < 4.78 is 0. The van der Waals surface area contributed by atoms with Crippen molar-refractivity contribution in [3.63, 3.8) is 0 Å². The maximum Gasteiger partial charge on any atom is 0.170 e. The van der Waals surface area contributed by atoms with Gasteiger partial charge in [-0.25, -0.2) is 0 Å². The standard InChI is InChI=1S/C15H20ClN.C6H6N2O.CH5N/c1-3-4-5-6-12(2)9-13-7-8-14(11-17)15(16)10-13;1-5-2-3-6(4-9)8-7-5;1-2/h7-8,10,12H,3-6,9H2,1-2H3;2-4H,1H3;2H2,1H3. The molecule has 6 heteroatoms. The number of unbranched alkanes of at least 4 members (excludes halogenated alkanes) is 2. The van der Waals surface area contributed by atoms with Crippen LogP contribution < -0.4 is 5.73 Å². The first-order valence-electron chi connectivity index (χ1n) is 9.51. The predicted molar refractivity (Wildman–Crippen MR) is 115 cm³/mol. The van der Waals surface area contributed by atoms with E-state index in [1.165, 1.54) is 38.3 Å². The minimum atomic E-state index is 0.376. The molecule has 1 unspecified atom stereocenters. The zero-order chi connectivity index (χ0) is 21.4. The molecule has 152 valence electrons. The van der Waals surface area contributed by atoms with Crippen molar-refractivity contribution in [1.29, 1.82) is 5.26 Å². The van der Waals surface area contributed by atoms with Gasteiger partial charge in [0.15, 0.2) is 6.29 Å². The molecule has 0 amide bonds. The molecule has 0 saturated carbocycles. The van der Waals surface area contributed by atoms with E-state index in [4.69, 9.17) is 16.9 Å². The lowest BCUT2D eigenvalue weighted by Gasteiger charge is -2.11. The molecule has 1 aromatic heterocycles. The normalized spacial score (nSPS) is 10.5. The number of nitriles is 1. The molecule has 1 aromatic carbocycles. The lowest BCUT2D eigenvalue weighted by Crippen LogP contribution is -2.00. The minimum Gasteiger partial charge on any atom is -0.333 e. The van der Waals surface area contributed by atoms with Crippen LogP contribution in [0.2, 0.25) is 5.02 Å². The average molecular weight is 403 g/mol. The Hall–Kier alpha value is -2.29. The molecule has 5 nitrogen and oxygen atoms in total. The van der Waals surface area contributed by atoms with Crippen LogP contribution in [0, 0.1) is 24.2 Å². The fourth-order valence-electron chi connectivity index (χ4n) is 2.50. The Morgan fingerprint density at radius 2 is 1.93 bits per heavy atom. The number of hydrogen-bond donors (Lipinski definition) is 1. The summed E-state index contributed by atoms with van der Waals surface area (Å²) in [6.07, 6.45) is 6.89. The van der Waals surface area contributed by atoms with E-state index in [9.17, 15) is 4.79 Å². The fraction of sp³-hybridized carbons (Fsp3) is 0.455. The van der Waals surface area contributed by atoms with Crippen molar-refractivity contribution in [1.82, 2.24) is 10.2 Å². The van der Waals surface area contributed by atoms with Crippen molar-refractivity contribution in [3.05, 3.63) is 57.9 Å². The molecule has 2 rings (SSSR count). The number of carbonyl (C=O) groups excluding carboxylic acids is 1. The molecule has 0 aliphatic rings. The number of hydrogen-bond acceptors (Lipinski definition) is 5. The van der Waals surface area contributed by atoms with Crippen molar-refractivity contribution >= 4 is 17.9 Å². The van der Waals surface area contributed by atoms with Gasteiger partial charge in [0.1, 0.15) is 11.8 Å². The SMILES string of the molecule is CCCCCC(C)Cc1ccc(C#N)c(Cl)c1.CN.Cc1ccc(C=O)nn1. The number of rotatable bonds is 7. The fourth-order valence-corrected chi connectivity index (χ4v) is 2.74. The highest BCUT2D eigenvalue weighted by Gasteiger charge is 2.06. The number of nitrogens with zero attached hydrogens (tertiary/aromatic N) is 3. The van der Waals surface area contributed by atoms with E-state index >= 15 is 0 Å². The van der Waals surface area contributed by atoms with Crippen LogP contribution in [-0.4, -0.2) is 23.5 Å². The Morgan fingerprint density at radius 1 is 1.21 bits per heavy atom. The molecule has 0 fully saturated rings. The number of aryl methyl sites for hydroxylation is 1. The molecular formula is C22H31ClN4O. The second kappa shape index (κ2) is 15.7. The van der Waals surface area contributed by atoms with Gasteiger partial charge in [0, 0.05) is 0 Å². The zero-order valence-electron chi connectivity index (χ0n) is 17.3. The highest BCUT2D eigenvalue weighted by Crippen LogP contribution is 2.21. The van der Waals surface area contributed by atoms with Gasteiger partial charge in [-0.15, -0.1) is 5.10 Å². The predicted octanol–water partition coefficient (Wildman–Crippen LogP) is 5.14. The molecule has 0 aliphatic carbocycles. The molecule has 28 heavy (non-hydrogen) atoms. The molecule has 2 N–H and O–H groups in total. The molecule has 2 aromatic rings. The maximum absolute atomic E-state index is 10.0. The largest absolute Gasteiger partial charge is 0.333 e. The van der Waals surface area contributed by atoms with Crippen molar-refractivity contribution in [2.24, 2.45) is 11.7 Å². The summed E-state index contributed by atoms with van der Waals surface area (Å²) in [4.78, 5) is 10.0. The number of nitrogens with two attached hydrogens (primary N) is 1. The molecule has 0 bridgehead atoms. The Labute approximate surface area is 173 Å². The van der Waals surface area contributed by atoms with Gasteiger partial charge in [0.05, 0.1) is 16.3 Å². The highest BCUT2D eigenvalue weighted by atomic mass is 35.5. The Morgan fingerprint density at radius 3 is 2.43 bits per heavy atom. The van der Waals surface area contributed by atoms with E-state index in [0.717, 1.165) is 12.1 Å². The lowest BCUT2D eigenvalue weighted by atomic mass is 9.95. The first-order chi connectivity index (χ1) is 13.5. The van der Waals surface area contributed by atoms with Crippen LogP contribution >= 0.6 is 11.6 Å². The minimum absolute atomic E-state index is 0.376. The molecule has 0 aliphatic heterocycles. The second-order valence-electron chi connectivity index (χ2n) is 6.45. The zero-order valence-corrected chi connectivity index (χ0v) is 18.0. The van der Waals surface area contributed by atoms with Crippen molar-refractivity contribution in [3.8, 4) is 6.07 Å². The highest BCUT2D eigenvalue weighted by molar-refractivity contribution is 6.31. The van der Waals surface area contributed by atoms with Crippen molar-refractivity contribution in [2.45, 2.75) is 52.9 Å². The van der Waals surface area contributed by atoms with Gasteiger partial charge in [-0.05, 0) is 56.1 Å². The monoisotopic (exact) mass is 402 g/mol. The molecular weight excluding hydrogens is 372 g/mol. The van der Waals surface area contributed by atoms with Crippen LogP contribution in [-0.2, 0) is 6.42 Å². The van der Waals surface area contributed by atoms with Crippen LogP contribution in [0.3, 0.4) is 0 Å². The summed E-state index contributed by atoms with van der Waals surface area (Å²) in [6.45, 7) is 6.33. The van der Waals surface area contributed by atoms with Gasteiger partial charge in [-0.3, -0.25) is 4.79 Å². The summed E-state index contributed by atoms with van der Waals surface area (Å²) in [6, 6.07) is 11.2. The number of halogens is 1. The Bertz CT molecular complexity index is 726. The maximum atomic E-state index is 10.0. The van der Waals surface area contributed by atoms with Gasteiger partial charge in [0.2, 0.25) is 0 Å². The van der Waals surface area contributed by atoms with Crippen LogP contribution in [0.15, 0.2) is 30.3 Å².